The van der Waals surface area contributed by atoms with E-state index in [2.05, 4.69) is 16.9 Å². The van der Waals surface area contributed by atoms with Crippen LogP contribution in [0.3, 0.4) is 0 Å². The first-order valence-corrected chi connectivity index (χ1v) is 3.38. The van der Waals surface area contributed by atoms with E-state index in [1.165, 1.54) is 0 Å². The fourth-order valence-corrected chi connectivity index (χ4v) is 0.972. The fourth-order valence-electron chi connectivity index (χ4n) is 0.810. The van der Waals surface area contributed by atoms with Gasteiger partial charge in [0.05, 0.1) is 5.56 Å². The summed E-state index contributed by atoms with van der Waals surface area (Å²) in [5, 5.41) is 0.607. The molecule has 1 aliphatic heterocycles. The van der Waals surface area contributed by atoms with Crippen molar-refractivity contribution in [2.45, 2.75) is 0 Å². The third kappa shape index (κ3) is 1.11. The lowest BCUT2D eigenvalue weighted by atomic mass is 10.2. The molecule has 0 saturated carbocycles. The first kappa shape index (κ1) is 6.38. The van der Waals surface area contributed by atoms with Gasteiger partial charge in [-0.15, -0.1) is 0 Å². The van der Waals surface area contributed by atoms with Gasteiger partial charge in [0, 0.05) is 11.1 Å². The lowest BCUT2D eigenvalue weighted by Crippen LogP contribution is -1.97. The first-order chi connectivity index (χ1) is 5.36. The molecule has 0 aromatic heterocycles. The summed E-state index contributed by atoms with van der Waals surface area (Å²) in [6.45, 7) is 0. The maximum atomic E-state index is 5.69. The number of benzene rings is 1. The molecule has 0 aliphatic carbocycles. The van der Waals surface area contributed by atoms with Crippen molar-refractivity contribution in [2.75, 3.05) is 0 Å². The van der Waals surface area contributed by atoms with E-state index in [9.17, 15) is 0 Å². The van der Waals surface area contributed by atoms with Crippen LogP contribution in [0.4, 0.5) is 0 Å². The van der Waals surface area contributed by atoms with Crippen LogP contribution in [0.5, 0.6) is 5.75 Å². The van der Waals surface area contributed by atoms with Gasteiger partial charge in [-0.1, -0.05) is 11.6 Å². The summed E-state index contributed by atoms with van der Waals surface area (Å²) >= 11 is 5.69. The third-order valence-electron chi connectivity index (χ3n) is 1.30. The molecule has 3 heteroatoms. The van der Waals surface area contributed by atoms with Gasteiger partial charge in [0.15, 0.2) is 11.9 Å². The lowest BCUT2D eigenvalue weighted by molar-refractivity contribution is -0.136. The molecule has 0 bridgehead atoms. The highest BCUT2D eigenvalue weighted by Gasteiger charge is 2.06. The molecule has 0 saturated heterocycles. The Hall–Kier alpha value is -1.33. The van der Waals surface area contributed by atoms with Crippen molar-refractivity contribution in [1.29, 1.82) is 0 Å². The van der Waals surface area contributed by atoms with Gasteiger partial charge in [-0.3, -0.25) is 4.89 Å². The standard InChI is InChI=1S/C8H3ClO2/c9-7-2-1-6-3-4-10-11-8(6)5-7/h1-2,5H. The second-order valence-electron chi connectivity index (χ2n) is 2.03. The van der Waals surface area contributed by atoms with Gasteiger partial charge >= 0.3 is 0 Å². The molecule has 2 nitrogen and oxygen atoms in total. The van der Waals surface area contributed by atoms with Crippen molar-refractivity contribution >= 4 is 11.6 Å². The molecule has 2 rings (SSSR count). The second kappa shape index (κ2) is 2.37. The van der Waals surface area contributed by atoms with Crippen LogP contribution in [-0.4, -0.2) is 0 Å². The Labute approximate surface area is 68.6 Å². The average Bonchev–Trinajstić information content (AvgIpc) is 2.04. The molecule has 54 valence electrons. The molecule has 0 atom stereocenters. The smallest absolute Gasteiger partial charge is 0.196 e. The molecule has 0 unspecified atom stereocenters. The largest absolute Gasteiger partial charge is 0.279 e. The van der Waals surface area contributed by atoms with Crippen molar-refractivity contribution in [1.82, 2.24) is 0 Å². The molecule has 1 heterocycles. The molecule has 0 radical (unpaired) electrons. The molecule has 0 spiro atoms. The van der Waals surface area contributed by atoms with Crippen LogP contribution >= 0.6 is 11.6 Å². The Kier molecular flexibility index (Phi) is 1.38. The summed E-state index contributed by atoms with van der Waals surface area (Å²) in [6, 6.07) is 5.20. The SMILES string of the molecule is Clc1ccc2c(c1)OOC#C2. The Balaban J connectivity index is 2.58. The van der Waals surface area contributed by atoms with E-state index in [-0.39, 0.29) is 0 Å². The Morgan fingerprint density at radius 2 is 2.27 bits per heavy atom. The number of halogens is 1. The van der Waals surface area contributed by atoms with Crippen molar-refractivity contribution in [3.05, 3.63) is 28.8 Å². The minimum absolute atomic E-state index is 0.566. The number of rotatable bonds is 0. The predicted octanol–water partition coefficient (Wildman–Crippen LogP) is 1.97. The number of hydrogen-bond donors (Lipinski definition) is 0. The van der Waals surface area contributed by atoms with Crippen molar-refractivity contribution in [3.8, 4) is 17.8 Å². The van der Waals surface area contributed by atoms with E-state index in [1.54, 1.807) is 18.2 Å². The van der Waals surface area contributed by atoms with Crippen LogP contribution in [0.25, 0.3) is 0 Å². The molecule has 1 aromatic rings. The summed E-state index contributed by atoms with van der Waals surface area (Å²) in [6.07, 6.45) is 2.35. The number of fused-ring (bicyclic) bond motifs is 1. The second-order valence-corrected chi connectivity index (χ2v) is 2.47. The molecule has 0 amide bonds. The highest BCUT2D eigenvalue weighted by molar-refractivity contribution is 6.30. The Morgan fingerprint density at radius 3 is 3.18 bits per heavy atom. The summed E-state index contributed by atoms with van der Waals surface area (Å²) in [7, 11) is 0. The zero-order valence-electron chi connectivity index (χ0n) is 5.43. The Bertz CT molecular complexity index is 349. The van der Waals surface area contributed by atoms with Crippen LogP contribution in [0, 0.1) is 12.0 Å². The zero-order chi connectivity index (χ0) is 7.68. The summed E-state index contributed by atoms with van der Waals surface area (Å²) in [5.74, 6) is 3.30. The van der Waals surface area contributed by atoms with E-state index >= 15 is 0 Å². The van der Waals surface area contributed by atoms with Crippen LogP contribution in [0.1, 0.15) is 5.56 Å². The Morgan fingerprint density at radius 1 is 1.36 bits per heavy atom. The van der Waals surface area contributed by atoms with Crippen LogP contribution in [-0.2, 0) is 4.89 Å². The normalized spacial score (nSPS) is 11.7. The van der Waals surface area contributed by atoms with Gasteiger partial charge in [-0.25, -0.2) is 4.89 Å². The minimum Gasteiger partial charge on any atom is -0.279 e. The third-order valence-corrected chi connectivity index (χ3v) is 1.54. The van der Waals surface area contributed by atoms with E-state index in [0.717, 1.165) is 5.56 Å². The highest BCUT2D eigenvalue weighted by Crippen LogP contribution is 2.24. The topological polar surface area (TPSA) is 18.5 Å². The van der Waals surface area contributed by atoms with E-state index in [0.29, 0.717) is 10.8 Å². The average molecular weight is 167 g/mol. The molecular weight excluding hydrogens is 164 g/mol. The molecular formula is C8H3ClO2. The van der Waals surface area contributed by atoms with Crippen LogP contribution in [0.15, 0.2) is 18.2 Å². The summed E-state index contributed by atoms with van der Waals surface area (Å²) < 4.78 is 0. The maximum absolute atomic E-state index is 5.69. The molecule has 11 heavy (non-hydrogen) atoms. The van der Waals surface area contributed by atoms with Crippen molar-refractivity contribution in [3.63, 3.8) is 0 Å². The van der Waals surface area contributed by atoms with Gasteiger partial charge in [0.1, 0.15) is 0 Å². The molecule has 1 aliphatic rings. The number of hydrogen-bond acceptors (Lipinski definition) is 2. The summed E-state index contributed by atoms with van der Waals surface area (Å²) in [5.41, 5.74) is 0.792. The minimum atomic E-state index is 0.566. The molecule has 0 fully saturated rings. The monoisotopic (exact) mass is 166 g/mol. The van der Waals surface area contributed by atoms with Gasteiger partial charge in [0.2, 0.25) is 0 Å². The van der Waals surface area contributed by atoms with Gasteiger partial charge in [-0.2, -0.15) is 0 Å². The van der Waals surface area contributed by atoms with E-state index in [1.807, 2.05) is 0 Å². The van der Waals surface area contributed by atoms with Crippen LogP contribution < -0.4 is 4.89 Å². The fraction of sp³-hybridized carbons (Fsp3) is 0. The highest BCUT2D eigenvalue weighted by atomic mass is 35.5. The zero-order valence-corrected chi connectivity index (χ0v) is 6.18. The van der Waals surface area contributed by atoms with Gasteiger partial charge in [-0.05, 0) is 18.1 Å². The van der Waals surface area contributed by atoms with Crippen molar-refractivity contribution < 1.29 is 9.78 Å². The predicted molar refractivity (Wildman–Crippen MR) is 40.0 cm³/mol. The lowest BCUT2D eigenvalue weighted by Gasteiger charge is -2.05. The van der Waals surface area contributed by atoms with Crippen LogP contribution in [0.2, 0.25) is 5.02 Å². The van der Waals surface area contributed by atoms with Crippen molar-refractivity contribution in [2.24, 2.45) is 0 Å². The van der Waals surface area contributed by atoms with Gasteiger partial charge < -0.3 is 0 Å². The van der Waals surface area contributed by atoms with Gasteiger partial charge in [0.25, 0.3) is 0 Å². The quantitative estimate of drug-likeness (QED) is 0.433. The first-order valence-electron chi connectivity index (χ1n) is 3.00. The molecule has 1 aromatic carbocycles. The van der Waals surface area contributed by atoms with E-state index < -0.39 is 0 Å². The van der Waals surface area contributed by atoms with E-state index in [4.69, 9.17) is 16.5 Å². The molecule has 0 N–H and O–H groups in total. The maximum Gasteiger partial charge on any atom is 0.196 e. The summed E-state index contributed by atoms with van der Waals surface area (Å²) in [4.78, 5) is 9.18.